The largest absolute Gasteiger partial charge is 0.756 e. The topological polar surface area (TPSA) is 114 Å². The lowest BCUT2D eigenvalue weighted by Gasteiger charge is -2.30. The Morgan fingerprint density at radius 3 is 1.27 bits per heavy atom. The van der Waals surface area contributed by atoms with Gasteiger partial charge in [0.1, 0.15) is 19.3 Å². The van der Waals surface area contributed by atoms with Crippen LogP contribution in [0.4, 0.5) is 0 Å². The van der Waals surface area contributed by atoms with Crippen molar-refractivity contribution in [2.45, 2.75) is 290 Å². The molecule has 0 aromatic heterocycles. The second kappa shape index (κ2) is 54.8. The van der Waals surface area contributed by atoms with E-state index < -0.39 is 26.6 Å². The van der Waals surface area contributed by atoms with Crippen LogP contribution in [0, 0.1) is 0 Å². The molecule has 75 heavy (non-hydrogen) atoms. The summed E-state index contributed by atoms with van der Waals surface area (Å²) in [5, 5.41) is 3.02. The fourth-order valence-electron chi connectivity index (χ4n) is 8.74. The molecule has 3 unspecified atom stereocenters. The normalized spacial score (nSPS) is 14.2. The number of carbonyl (C=O) groups excluding carboxylic acids is 2. The molecule has 0 heterocycles. The molecule has 0 saturated carbocycles. The Kier molecular flexibility index (Phi) is 52.9. The third-order valence-corrected chi connectivity index (χ3v) is 14.6. The predicted octanol–water partition coefficient (Wildman–Crippen LogP) is 18.6. The maximum atomic E-state index is 13.5. The predicted molar refractivity (Wildman–Crippen MR) is 321 cm³/mol. The quantitative estimate of drug-likeness (QED) is 0.0212. The number of phosphoric ester groups is 1. The Morgan fingerprint density at radius 2 is 0.813 bits per heavy atom. The van der Waals surface area contributed by atoms with Crippen molar-refractivity contribution in [3.05, 3.63) is 72.9 Å². The summed E-state index contributed by atoms with van der Waals surface area (Å²) in [6.45, 7) is 6.80. The first-order valence-corrected chi connectivity index (χ1v) is 32.7. The van der Waals surface area contributed by atoms with Gasteiger partial charge in [-0.2, -0.15) is 0 Å². The van der Waals surface area contributed by atoms with Gasteiger partial charge in [-0.05, 0) is 102 Å². The number of phosphoric acid groups is 1. The van der Waals surface area contributed by atoms with Crippen LogP contribution in [0.25, 0.3) is 0 Å². The zero-order valence-corrected chi connectivity index (χ0v) is 50.6. The molecule has 1 N–H and O–H groups in total. The van der Waals surface area contributed by atoms with Gasteiger partial charge in [0, 0.05) is 12.8 Å². The number of amides is 1. The summed E-state index contributed by atoms with van der Waals surface area (Å²) in [5.74, 6) is -0.570. The number of hydrogen-bond acceptors (Lipinski definition) is 7. The van der Waals surface area contributed by atoms with Crippen molar-refractivity contribution in [3.63, 3.8) is 0 Å². The molecule has 9 nitrogen and oxygen atoms in total. The second-order valence-electron chi connectivity index (χ2n) is 22.2. The summed E-state index contributed by atoms with van der Waals surface area (Å²) in [4.78, 5) is 39.9. The van der Waals surface area contributed by atoms with Crippen LogP contribution in [0.3, 0.4) is 0 Å². The summed E-state index contributed by atoms with van der Waals surface area (Å²) in [7, 11) is 1.17. The standard InChI is InChI=1S/C65H119N2O7P/c1-7-10-13-16-19-22-25-28-30-31-32-33-34-35-36-37-38-39-42-45-48-51-54-57-64(68)66-62(61-73-75(70,71)72-60-59-67(4,5)6)63(56-53-50-47-44-41-27-24-21-18-15-12-9-3)74-65(69)58-55-52-49-46-43-40-29-26-23-20-17-14-11-8-2/h19,22,28,30,32-33,35-36,40,43,53,56,62-63H,7-18,20-21,23-27,29,31,34,37-39,41-42,44-52,54-55,57-61H2,1-6H3,(H-,66,68,70,71)/b22-19-,30-28-,33-32-,36-35-,43-40-,56-53-. The smallest absolute Gasteiger partial charge is 0.306 e. The molecule has 0 aromatic rings. The summed E-state index contributed by atoms with van der Waals surface area (Å²) >= 11 is 0. The number of likely N-dealkylation sites (N-methyl/N-ethyl adjacent to an activating group) is 1. The summed E-state index contributed by atoms with van der Waals surface area (Å²) < 4.78 is 30.3. The molecular weight excluding hydrogens is 952 g/mol. The molecule has 10 heteroatoms. The Labute approximate surface area is 463 Å². The molecule has 0 aromatic carbocycles. The van der Waals surface area contributed by atoms with Gasteiger partial charge in [0.2, 0.25) is 5.91 Å². The first-order chi connectivity index (χ1) is 36.4. The Balaban J connectivity index is 5.24. The van der Waals surface area contributed by atoms with Crippen LogP contribution >= 0.6 is 7.82 Å². The van der Waals surface area contributed by atoms with Gasteiger partial charge in [0.05, 0.1) is 33.8 Å². The number of carbonyl (C=O) groups is 2. The average Bonchev–Trinajstić information content (AvgIpc) is 3.37. The second-order valence-corrected chi connectivity index (χ2v) is 23.6. The van der Waals surface area contributed by atoms with Crippen molar-refractivity contribution in [2.24, 2.45) is 0 Å². The summed E-state index contributed by atoms with van der Waals surface area (Å²) in [6.07, 6.45) is 70.1. The molecule has 436 valence electrons. The third-order valence-electron chi connectivity index (χ3n) is 13.6. The van der Waals surface area contributed by atoms with Gasteiger partial charge in [-0.25, -0.2) is 0 Å². The van der Waals surface area contributed by atoms with E-state index in [1.54, 1.807) is 0 Å². The lowest BCUT2D eigenvalue weighted by Crippen LogP contribution is -2.47. The van der Waals surface area contributed by atoms with Gasteiger partial charge in [-0.3, -0.25) is 14.2 Å². The number of nitrogens with one attached hydrogen (secondary N) is 1. The highest BCUT2D eigenvalue weighted by atomic mass is 31.2. The van der Waals surface area contributed by atoms with Gasteiger partial charge >= 0.3 is 5.97 Å². The molecule has 0 spiro atoms. The van der Waals surface area contributed by atoms with Gasteiger partial charge in [0.15, 0.2) is 0 Å². The maximum absolute atomic E-state index is 13.5. The van der Waals surface area contributed by atoms with E-state index >= 15 is 0 Å². The average molecular weight is 1070 g/mol. The Morgan fingerprint density at radius 1 is 0.467 bits per heavy atom. The number of nitrogens with zero attached hydrogens (tertiary/aromatic N) is 1. The Hall–Kier alpha value is -2.55. The van der Waals surface area contributed by atoms with Crippen molar-refractivity contribution in [2.75, 3.05) is 40.9 Å². The number of rotatable bonds is 56. The van der Waals surface area contributed by atoms with Crippen LogP contribution in [-0.2, 0) is 27.9 Å². The van der Waals surface area contributed by atoms with E-state index in [1.807, 2.05) is 33.3 Å². The minimum absolute atomic E-state index is 0.0289. The van der Waals surface area contributed by atoms with Crippen molar-refractivity contribution in [1.29, 1.82) is 0 Å². The highest BCUT2D eigenvalue weighted by Gasteiger charge is 2.27. The van der Waals surface area contributed by atoms with Crippen LogP contribution in [-0.4, -0.2) is 69.4 Å². The van der Waals surface area contributed by atoms with Crippen LogP contribution in [0.5, 0.6) is 0 Å². The molecule has 0 aliphatic carbocycles. The van der Waals surface area contributed by atoms with Crippen LogP contribution in [0.15, 0.2) is 72.9 Å². The fourth-order valence-corrected chi connectivity index (χ4v) is 9.46. The van der Waals surface area contributed by atoms with Crippen LogP contribution < -0.4 is 10.2 Å². The molecule has 0 radical (unpaired) electrons. The highest BCUT2D eigenvalue weighted by Crippen LogP contribution is 2.38. The van der Waals surface area contributed by atoms with Gasteiger partial charge in [-0.1, -0.05) is 235 Å². The summed E-state index contributed by atoms with van der Waals surface area (Å²) in [6, 6.07) is -0.902. The van der Waals surface area contributed by atoms with Gasteiger partial charge < -0.3 is 28.5 Å². The minimum Gasteiger partial charge on any atom is -0.756 e. The molecule has 0 saturated heterocycles. The third kappa shape index (κ3) is 56.0. The van der Waals surface area contributed by atoms with Crippen molar-refractivity contribution >= 4 is 19.7 Å². The van der Waals surface area contributed by atoms with Crippen molar-refractivity contribution < 1.29 is 37.3 Å². The van der Waals surface area contributed by atoms with Crippen LogP contribution in [0.1, 0.15) is 278 Å². The zero-order valence-electron chi connectivity index (χ0n) is 49.7. The molecule has 0 aliphatic heterocycles. The van der Waals surface area contributed by atoms with E-state index in [1.165, 1.54) is 141 Å². The molecule has 3 atom stereocenters. The molecule has 0 aliphatic rings. The molecule has 0 rings (SSSR count). The first kappa shape index (κ1) is 72.5. The van der Waals surface area contributed by atoms with Crippen LogP contribution in [0.2, 0.25) is 0 Å². The molecule has 1 amide bonds. The van der Waals surface area contributed by atoms with E-state index in [9.17, 15) is 19.0 Å². The van der Waals surface area contributed by atoms with E-state index in [0.717, 1.165) is 96.3 Å². The number of esters is 1. The molecular formula is C65H119N2O7P. The SMILES string of the molecule is CCCCC/C=C\C/C=C\C/C=C\C/C=C\CCCCCCCCCC(=O)NC(COP(=O)([O-])OCC[N+](C)(C)C)C(/C=C\CCCCCCCCCCCC)OC(=O)CCCCC/C=C\CCCCCCCCC. The number of unbranched alkanes of at least 4 members (excludes halogenated alkanes) is 30. The molecule has 0 fully saturated rings. The monoisotopic (exact) mass is 1070 g/mol. The lowest BCUT2D eigenvalue weighted by molar-refractivity contribution is -0.870. The highest BCUT2D eigenvalue weighted by molar-refractivity contribution is 7.45. The lowest BCUT2D eigenvalue weighted by atomic mass is 10.0. The minimum atomic E-state index is -4.71. The fraction of sp³-hybridized carbons (Fsp3) is 0.785. The van der Waals surface area contributed by atoms with Crippen molar-refractivity contribution in [3.8, 4) is 0 Å². The van der Waals surface area contributed by atoms with Gasteiger partial charge in [0.25, 0.3) is 7.82 Å². The van der Waals surface area contributed by atoms with E-state index in [2.05, 4.69) is 86.8 Å². The van der Waals surface area contributed by atoms with E-state index in [4.69, 9.17) is 13.8 Å². The summed E-state index contributed by atoms with van der Waals surface area (Å²) in [5.41, 5.74) is 0. The Bertz CT molecular complexity index is 1510. The van der Waals surface area contributed by atoms with Gasteiger partial charge in [-0.15, -0.1) is 0 Å². The number of quaternary nitrogens is 1. The van der Waals surface area contributed by atoms with E-state index in [-0.39, 0.29) is 24.9 Å². The first-order valence-electron chi connectivity index (χ1n) is 31.2. The number of ether oxygens (including phenoxy) is 1. The number of allylic oxidation sites excluding steroid dienone is 11. The molecule has 0 bridgehead atoms. The van der Waals surface area contributed by atoms with Crippen molar-refractivity contribution in [1.82, 2.24) is 5.32 Å². The zero-order chi connectivity index (χ0) is 55.0. The maximum Gasteiger partial charge on any atom is 0.306 e. The number of hydrogen-bond donors (Lipinski definition) is 1. The van der Waals surface area contributed by atoms with E-state index in [0.29, 0.717) is 23.9 Å².